The van der Waals surface area contributed by atoms with Crippen molar-refractivity contribution in [1.29, 1.82) is 0 Å². The maximum Gasteiger partial charge on any atom is 0.225 e. The zero-order valence-corrected chi connectivity index (χ0v) is 10.6. The Hall–Kier alpha value is -1.30. The Kier molecular flexibility index (Phi) is 3.24. The molecule has 1 aromatic carbocycles. The fourth-order valence-electron chi connectivity index (χ4n) is 1.25. The number of nitrogens with two attached hydrogens (primary N) is 2. The van der Waals surface area contributed by atoms with Crippen LogP contribution in [0.1, 0.15) is 0 Å². The molecule has 0 bridgehead atoms. The number of hydrogen-bond acceptors (Lipinski definition) is 5. The highest BCUT2D eigenvalue weighted by Crippen LogP contribution is 2.37. The molecule has 4 N–H and O–H groups in total. The van der Waals surface area contributed by atoms with Gasteiger partial charge in [-0.3, -0.25) is 0 Å². The van der Waals surface area contributed by atoms with E-state index in [1.165, 1.54) is 0 Å². The maximum atomic E-state index is 6.04. The Morgan fingerprint density at radius 2 is 1.35 bits per heavy atom. The van der Waals surface area contributed by atoms with Gasteiger partial charge in [-0.15, -0.1) is 0 Å². The SMILES string of the molecule is Nc1nc(N)nc(-c2c(Cl)ccc(Cl)c2Cl)n1. The molecule has 1 heterocycles. The summed E-state index contributed by atoms with van der Waals surface area (Å²) < 4.78 is 0. The largest absolute Gasteiger partial charge is 0.368 e. The molecule has 2 aromatic rings. The fraction of sp³-hybridized carbons (Fsp3) is 0. The van der Waals surface area contributed by atoms with Crippen LogP contribution in [0.15, 0.2) is 12.1 Å². The normalized spacial score (nSPS) is 10.5. The molecular weight excluding hydrogens is 284 g/mol. The van der Waals surface area contributed by atoms with Crippen LogP contribution in [-0.2, 0) is 0 Å². The number of halogens is 3. The number of anilines is 2. The van der Waals surface area contributed by atoms with E-state index in [0.29, 0.717) is 15.6 Å². The van der Waals surface area contributed by atoms with Gasteiger partial charge in [0.15, 0.2) is 5.82 Å². The monoisotopic (exact) mass is 289 g/mol. The fourth-order valence-corrected chi connectivity index (χ4v) is 1.95. The molecule has 0 aliphatic heterocycles. The highest BCUT2D eigenvalue weighted by molar-refractivity contribution is 6.45. The van der Waals surface area contributed by atoms with E-state index >= 15 is 0 Å². The molecule has 0 radical (unpaired) electrons. The molecule has 0 amide bonds. The zero-order valence-electron chi connectivity index (χ0n) is 8.28. The lowest BCUT2D eigenvalue weighted by Gasteiger charge is -2.07. The van der Waals surface area contributed by atoms with Gasteiger partial charge in [-0.1, -0.05) is 34.8 Å². The predicted octanol–water partition coefficient (Wildman–Crippen LogP) is 2.66. The van der Waals surface area contributed by atoms with Crippen LogP contribution in [-0.4, -0.2) is 15.0 Å². The molecule has 0 aliphatic carbocycles. The standard InChI is InChI=1S/C9H6Cl3N5/c10-3-1-2-4(11)6(12)5(3)7-15-8(13)17-9(14)16-7/h1-2H,(H4,13,14,15,16,17). The summed E-state index contributed by atoms with van der Waals surface area (Å²) in [6, 6.07) is 3.16. The molecule has 0 saturated carbocycles. The molecule has 0 saturated heterocycles. The van der Waals surface area contributed by atoms with E-state index in [9.17, 15) is 0 Å². The minimum atomic E-state index is -0.0143. The van der Waals surface area contributed by atoms with Crippen molar-refractivity contribution in [2.45, 2.75) is 0 Å². The summed E-state index contributed by atoms with van der Waals surface area (Å²) in [5.41, 5.74) is 11.3. The molecule has 0 unspecified atom stereocenters. The minimum Gasteiger partial charge on any atom is -0.368 e. The van der Waals surface area contributed by atoms with E-state index in [0.717, 1.165) is 0 Å². The highest BCUT2D eigenvalue weighted by atomic mass is 35.5. The topological polar surface area (TPSA) is 90.7 Å². The first-order valence-corrected chi connectivity index (χ1v) is 5.53. The van der Waals surface area contributed by atoms with E-state index in [-0.39, 0.29) is 22.7 Å². The van der Waals surface area contributed by atoms with Crippen LogP contribution in [0, 0.1) is 0 Å². The molecule has 0 atom stereocenters. The number of rotatable bonds is 1. The average Bonchev–Trinajstić information content (AvgIpc) is 2.23. The van der Waals surface area contributed by atoms with Crippen LogP contribution < -0.4 is 11.5 Å². The third-order valence-corrected chi connectivity index (χ3v) is 3.06. The summed E-state index contributed by atoms with van der Waals surface area (Å²) in [6.07, 6.45) is 0. The van der Waals surface area contributed by atoms with Gasteiger partial charge in [-0.2, -0.15) is 15.0 Å². The summed E-state index contributed by atoms with van der Waals surface area (Å²) in [4.78, 5) is 11.5. The third kappa shape index (κ3) is 2.36. The van der Waals surface area contributed by atoms with Gasteiger partial charge >= 0.3 is 0 Å². The quantitative estimate of drug-likeness (QED) is 0.788. The van der Waals surface area contributed by atoms with Crippen molar-refractivity contribution in [3.63, 3.8) is 0 Å². The summed E-state index contributed by atoms with van der Waals surface area (Å²) in [6.45, 7) is 0. The maximum absolute atomic E-state index is 6.04. The van der Waals surface area contributed by atoms with Crippen molar-refractivity contribution in [3.05, 3.63) is 27.2 Å². The first kappa shape index (κ1) is 12.2. The van der Waals surface area contributed by atoms with Gasteiger partial charge in [0.05, 0.1) is 20.6 Å². The van der Waals surface area contributed by atoms with E-state index in [2.05, 4.69) is 15.0 Å². The molecule has 88 valence electrons. The zero-order chi connectivity index (χ0) is 12.6. The Morgan fingerprint density at radius 1 is 0.824 bits per heavy atom. The summed E-state index contributed by atoms with van der Waals surface area (Å²) in [5, 5.41) is 0.928. The van der Waals surface area contributed by atoms with Gasteiger partial charge in [0.25, 0.3) is 0 Å². The summed E-state index contributed by atoms with van der Waals surface area (Å²) >= 11 is 17.9. The van der Waals surface area contributed by atoms with Crippen molar-refractivity contribution >= 4 is 46.7 Å². The first-order valence-electron chi connectivity index (χ1n) is 4.40. The summed E-state index contributed by atoms with van der Waals surface area (Å²) in [7, 11) is 0. The molecule has 1 aromatic heterocycles. The van der Waals surface area contributed by atoms with Gasteiger partial charge in [0.2, 0.25) is 11.9 Å². The number of benzene rings is 1. The molecule has 0 aliphatic rings. The van der Waals surface area contributed by atoms with E-state index in [1.807, 2.05) is 0 Å². The number of aromatic nitrogens is 3. The van der Waals surface area contributed by atoms with Gasteiger partial charge in [0, 0.05) is 0 Å². The molecule has 5 nitrogen and oxygen atoms in total. The summed E-state index contributed by atoms with van der Waals surface area (Å²) in [5.74, 6) is 0.159. The Morgan fingerprint density at radius 3 is 1.94 bits per heavy atom. The molecule has 0 fully saturated rings. The molecular formula is C9H6Cl3N5. The van der Waals surface area contributed by atoms with Crippen molar-refractivity contribution in [2.24, 2.45) is 0 Å². The first-order chi connectivity index (χ1) is 7.99. The molecule has 0 spiro atoms. The lowest BCUT2D eigenvalue weighted by molar-refractivity contribution is 1.09. The van der Waals surface area contributed by atoms with Gasteiger partial charge in [-0.05, 0) is 12.1 Å². The minimum absolute atomic E-state index is 0.0143. The average molecular weight is 291 g/mol. The van der Waals surface area contributed by atoms with E-state index in [4.69, 9.17) is 46.3 Å². The van der Waals surface area contributed by atoms with E-state index in [1.54, 1.807) is 12.1 Å². The van der Waals surface area contributed by atoms with Crippen molar-refractivity contribution in [1.82, 2.24) is 15.0 Å². The second-order valence-corrected chi connectivity index (χ2v) is 4.29. The van der Waals surface area contributed by atoms with Crippen LogP contribution in [0.25, 0.3) is 11.4 Å². The predicted molar refractivity (Wildman–Crippen MR) is 69.1 cm³/mol. The lowest BCUT2D eigenvalue weighted by atomic mass is 10.2. The van der Waals surface area contributed by atoms with Crippen LogP contribution in [0.2, 0.25) is 15.1 Å². The number of nitrogen functional groups attached to an aromatic ring is 2. The number of nitrogens with zero attached hydrogens (tertiary/aromatic N) is 3. The van der Waals surface area contributed by atoms with E-state index < -0.39 is 0 Å². The van der Waals surface area contributed by atoms with Crippen LogP contribution in [0.4, 0.5) is 11.9 Å². The molecule has 8 heteroatoms. The smallest absolute Gasteiger partial charge is 0.225 e. The molecule has 2 rings (SSSR count). The van der Waals surface area contributed by atoms with Gasteiger partial charge in [-0.25, -0.2) is 0 Å². The van der Waals surface area contributed by atoms with Crippen LogP contribution >= 0.6 is 34.8 Å². The second kappa shape index (κ2) is 4.52. The highest BCUT2D eigenvalue weighted by Gasteiger charge is 2.15. The van der Waals surface area contributed by atoms with Crippen LogP contribution in [0.3, 0.4) is 0 Å². The van der Waals surface area contributed by atoms with Crippen molar-refractivity contribution in [3.8, 4) is 11.4 Å². The number of hydrogen-bond donors (Lipinski definition) is 2. The Labute approximate surface area is 112 Å². The Balaban J connectivity index is 2.72. The molecule has 17 heavy (non-hydrogen) atoms. The van der Waals surface area contributed by atoms with Crippen LogP contribution in [0.5, 0.6) is 0 Å². The van der Waals surface area contributed by atoms with Crippen molar-refractivity contribution in [2.75, 3.05) is 11.5 Å². The lowest BCUT2D eigenvalue weighted by Crippen LogP contribution is -2.04. The third-order valence-electron chi connectivity index (χ3n) is 1.94. The van der Waals surface area contributed by atoms with Gasteiger partial charge < -0.3 is 11.5 Å². The second-order valence-electron chi connectivity index (χ2n) is 3.09. The van der Waals surface area contributed by atoms with Gasteiger partial charge in [0.1, 0.15) is 0 Å². The van der Waals surface area contributed by atoms with Crippen molar-refractivity contribution < 1.29 is 0 Å². The Bertz CT molecular complexity index is 567.